The second-order valence-corrected chi connectivity index (χ2v) is 9.49. The lowest BCUT2D eigenvalue weighted by atomic mass is 10.1. The standard InChI is InChI=1S/C18H26N2O5S/c1-12(17(22)23)11-20(14-7-8-14)16(21)13-5-9-15(10-6-13)26(24,25)19-18(2,3)4/h5-6,9-10,12,14,19H,7-8,11H2,1-4H3,(H,22,23). The monoisotopic (exact) mass is 382 g/mol. The maximum absolute atomic E-state index is 12.7. The summed E-state index contributed by atoms with van der Waals surface area (Å²) in [6, 6.07) is 5.80. The molecule has 2 N–H and O–H groups in total. The first kappa shape index (κ1) is 20.4. The zero-order valence-electron chi connectivity index (χ0n) is 15.5. The third-order valence-electron chi connectivity index (χ3n) is 3.99. The minimum absolute atomic E-state index is 0.0651. The van der Waals surface area contributed by atoms with Crippen molar-refractivity contribution in [2.75, 3.05) is 6.54 Å². The fourth-order valence-corrected chi connectivity index (χ4v) is 3.98. The van der Waals surface area contributed by atoms with Crippen LogP contribution in [0.25, 0.3) is 0 Å². The molecule has 8 heteroatoms. The number of nitrogens with one attached hydrogen (secondary N) is 1. The SMILES string of the molecule is CC(CN(C(=O)c1ccc(S(=O)(=O)NC(C)(C)C)cc1)C1CC1)C(=O)O. The number of rotatable bonds is 7. The molecule has 1 unspecified atom stereocenters. The lowest BCUT2D eigenvalue weighted by Gasteiger charge is -2.24. The molecule has 2 rings (SSSR count). The largest absolute Gasteiger partial charge is 0.481 e. The van der Waals surface area contributed by atoms with E-state index in [1.165, 1.54) is 24.3 Å². The molecule has 0 aromatic heterocycles. The summed E-state index contributed by atoms with van der Waals surface area (Å²) < 4.78 is 27.2. The van der Waals surface area contributed by atoms with E-state index in [9.17, 15) is 18.0 Å². The van der Waals surface area contributed by atoms with Crippen LogP contribution in [-0.2, 0) is 14.8 Å². The number of carboxylic acids is 1. The van der Waals surface area contributed by atoms with Gasteiger partial charge in [-0.1, -0.05) is 6.92 Å². The first-order chi connectivity index (χ1) is 11.9. The van der Waals surface area contributed by atoms with Crippen LogP contribution in [0.1, 0.15) is 50.9 Å². The summed E-state index contributed by atoms with van der Waals surface area (Å²) in [4.78, 5) is 25.5. The summed E-state index contributed by atoms with van der Waals surface area (Å²) in [5.74, 6) is -1.87. The van der Waals surface area contributed by atoms with E-state index in [1.54, 1.807) is 32.6 Å². The molecule has 0 aliphatic heterocycles. The molecule has 0 bridgehead atoms. The van der Waals surface area contributed by atoms with Crippen LogP contribution in [0.5, 0.6) is 0 Å². The van der Waals surface area contributed by atoms with Crippen LogP contribution < -0.4 is 4.72 Å². The maximum Gasteiger partial charge on any atom is 0.308 e. The molecule has 0 heterocycles. The average molecular weight is 382 g/mol. The topological polar surface area (TPSA) is 104 Å². The van der Waals surface area contributed by atoms with E-state index in [1.807, 2.05) is 0 Å². The van der Waals surface area contributed by atoms with Gasteiger partial charge in [0.1, 0.15) is 0 Å². The highest BCUT2D eigenvalue weighted by Crippen LogP contribution is 2.29. The second-order valence-electron chi connectivity index (χ2n) is 7.81. The summed E-state index contributed by atoms with van der Waals surface area (Å²) in [5, 5.41) is 9.09. The van der Waals surface area contributed by atoms with Crippen LogP contribution in [0.4, 0.5) is 0 Å². The molecule has 7 nitrogen and oxygen atoms in total. The molecule has 26 heavy (non-hydrogen) atoms. The third-order valence-corrected chi connectivity index (χ3v) is 5.77. The Balaban J connectivity index is 2.18. The first-order valence-electron chi connectivity index (χ1n) is 8.58. The summed E-state index contributed by atoms with van der Waals surface area (Å²) >= 11 is 0. The molecule has 1 aromatic carbocycles. The van der Waals surface area contributed by atoms with Crippen molar-refractivity contribution in [2.24, 2.45) is 5.92 Å². The first-order valence-corrected chi connectivity index (χ1v) is 10.1. The van der Waals surface area contributed by atoms with Crippen molar-refractivity contribution in [3.05, 3.63) is 29.8 Å². The fraction of sp³-hybridized carbons (Fsp3) is 0.556. The van der Waals surface area contributed by atoms with Crippen LogP contribution in [0, 0.1) is 5.92 Å². The summed E-state index contributed by atoms with van der Waals surface area (Å²) in [5.41, 5.74) is -0.257. The maximum atomic E-state index is 12.7. The van der Waals surface area contributed by atoms with Gasteiger partial charge in [-0.2, -0.15) is 0 Å². The Morgan fingerprint density at radius 1 is 1.23 bits per heavy atom. The van der Waals surface area contributed by atoms with Gasteiger partial charge in [-0.25, -0.2) is 13.1 Å². The van der Waals surface area contributed by atoms with Crippen LogP contribution >= 0.6 is 0 Å². The molecule has 0 spiro atoms. The number of carbonyl (C=O) groups excluding carboxylic acids is 1. The Labute approximate surface area is 154 Å². The van der Waals surface area contributed by atoms with E-state index in [2.05, 4.69) is 4.72 Å². The molecule has 1 atom stereocenters. The highest BCUT2D eigenvalue weighted by molar-refractivity contribution is 7.89. The Bertz CT molecular complexity index is 777. The summed E-state index contributed by atoms with van der Waals surface area (Å²) in [7, 11) is -3.67. The van der Waals surface area contributed by atoms with E-state index in [4.69, 9.17) is 5.11 Å². The zero-order valence-corrected chi connectivity index (χ0v) is 16.3. The Morgan fingerprint density at radius 3 is 2.19 bits per heavy atom. The molecule has 1 aliphatic carbocycles. The van der Waals surface area contributed by atoms with Gasteiger partial charge >= 0.3 is 5.97 Å². The number of benzene rings is 1. The summed E-state index contributed by atoms with van der Waals surface area (Å²) in [6.45, 7) is 6.96. The zero-order chi connectivity index (χ0) is 19.7. The van der Waals surface area contributed by atoms with Gasteiger partial charge in [0.05, 0.1) is 10.8 Å². The molecular weight excluding hydrogens is 356 g/mol. The lowest BCUT2D eigenvalue weighted by molar-refractivity contribution is -0.141. The van der Waals surface area contributed by atoms with E-state index in [0.717, 1.165) is 12.8 Å². The van der Waals surface area contributed by atoms with Crippen molar-refractivity contribution in [3.63, 3.8) is 0 Å². The van der Waals surface area contributed by atoms with Crippen LogP contribution in [0.3, 0.4) is 0 Å². The van der Waals surface area contributed by atoms with E-state index >= 15 is 0 Å². The van der Waals surface area contributed by atoms with Crippen LogP contribution in [0.2, 0.25) is 0 Å². The minimum Gasteiger partial charge on any atom is -0.481 e. The Kier molecular flexibility index (Phi) is 5.77. The quantitative estimate of drug-likeness (QED) is 0.751. The van der Waals surface area contributed by atoms with Crippen LogP contribution in [-0.4, -0.2) is 48.4 Å². The number of carboxylic acid groups (broad SMARTS) is 1. The molecule has 1 fully saturated rings. The smallest absolute Gasteiger partial charge is 0.308 e. The summed E-state index contributed by atoms with van der Waals surface area (Å²) in [6.07, 6.45) is 1.72. The van der Waals surface area contributed by atoms with Gasteiger partial charge in [-0.3, -0.25) is 9.59 Å². The number of hydrogen-bond donors (Lipinski definition) is 2. The number of nitrogens with zero attached hydrogens (tertiary/aromatic N) is 1. The van der Waals surface area contributed by atoms with E-state index < -0.39 is 27.4 Å². The Hall–Kier alpha value is -1.93. The average Bonchev–Trinajstić information content (AvgIpc) is 3.34. The van der Waals surface area contributed by atoms with Crippen LogP contribution in [0.15, 0.2) is 29.2 Å². The predicted molar refractivity (Wildman–Crippen MR) is 97.4 cm³/mol. The second kappa shape index (κ2) is 7.36. The van der Waals surface area contributed by atoms with Crippen molar-refractivity contribution in [1.82, 2.24) is 9.62 Å². The lowest BCUT2D eigenvalue weighted by Crippen LogP contribution is -2.40. The van der Waals surface area contributed by atoms with Crippen molar-refractivity contribution < 1.29 is 23.1 Å². The van der Waals surface area contributed by atoms with Gasteiger partial charge in [0, 0.05) is 23.7 Å². The molecule has 1 aromatic rings. The number of aliphatic carboxylic acids is 1. The highest BCUT2D eigenvalue weighted by Gasteiger charge is 2.35. The minimum atomic E-state index is -3.67. The molecule has 1 aliphatic rings. The molecule has 1 amide bonds. The normalized spacial score (nSPS) is 16.2. The molecule has 0 radical (unpaired) electrons. The van der Waals surface area contributed by atoms with Crippen molar-refractivity contribution in [1.29, 1.82) is 0 Å². The molecule has 0 saturated heterocycles. The van der Waals surface area contributed by atoms with Gasteiger partial charge in [0.2, 0.25) is 10.0 Å². The van der Waals surface area contributed by atoms with Gasteiger partial charge < -0.3 is 10.0 Å². The number of amides is 1. The Morgan fingerprint density at radius 2 is 1.77 bits per heavy atom. The number of sulfonamides is 1. The predicted octanol–water partition coefficient (Wildman–Crippen LogP) is 2.09. The van der Waals surface area contributed by atoms with Crippen molar-refractivity contribution in [2.45, 2.75) is 57.0 Å². The fourth-order valence-electron chi connectivity index (χ4n) is 2.56. The number of carbonyl (C=O) groups is 2. The van der Waals surface area contributed by atoms with Crippen molar-refractivity contribution >= 4 is 21.9 Å². The van der Waals surface area contributed by atoms with Gasteiger partial charge in [0.15, 0.2) is 0 Å². The van der Waals surface area contributed by atoms with Gasteiger partial charge in [-0.05, 0) is 57.9 Å². The van der Waals surface area contributed by atoms with Gasteiger partial charge in [0.25, 0.3) is 5.91 Å². The van der Waals surface area contributed by atoms with E-state index in [-0.39, 0.29) is 23.4 Å². The molecule has 1 saturated carbocycles. The molecule has 144 valence electrons. The van der Waals surface area contributed by atoms with E-state index in [0.29, 0.717) is 5.56 Å². The molecular formula is C18H26N2O5S. The van der Waals surface area contributed by atoms with Crippen molar-refractivity contribution in [3.8, 4) is 0 Å². The highest BCUT2D eigenvalue weighted by atomic mass is 32.2. The number of hydrogen-bond acceptors (Lipinski definition) is 4. The third kappa shape index (κ3) is 5.28. The van der Waals surface area contributed by atoms with Gasteiger partial charge in [-0.15, -0.1) is 0 Å².